The number of hydrogen-bond donors (Lipinski definition) is 1. The molecule has 0 aliphatic carbocycles. The Morgan fingerprint density at radius 1 is 0.960 bits per heavy atom. The van der Waals surface area contributed by atoms with Crippen LogP contribution in [0.25, 0.3) is 0 Å². The molecule has 2 atom stereocenters. The average molecular weight is 339 g/mol. The molecule has 132 valence electrons. The summed E-state index contributed by atoms with van der Waals surface area (Å²) in [6.07, 6.45) is 5.66. The zero-order chi connectivity index (χ0) is 17.3. The monoisotopic (exact) mass is 339 g/mol. The summed E-state index contributed by atoms with van der Waals surface area (Å²) in [4.78, 5) is 2.60. The summed E-state index contributed by atoms with van der Waals surface area (Å²) < 4.78 is 13.5. The van der Waals surface area contributed by atoms with Crippen molar-refractivity contribution in [3.8, 4) is 0 Å². The molecular formula is C22H26FNO. The second-order valence-corrected chi connectivity index (χ2v) is 7.84. The molecule has 2 saturated heterocycles. The lowest BCUT2D eigenvalue weighted by Gasteiger charge is -2.52. The largest absolute Gasteiger partial charge is 0.389 e. The SMILES string of the molecule is OC1(Cc2cccc(F)c2)CC2CCCC(C1)N2Cc1ccccc1. The highest BCUT2D eigenvalue weighted by atomic mass is 19.1. The maximum absolute atomic E-state index is 13.5. The van der Waals surface area contributed by atoms with Crippen LogP contribution in [0.1, 0.15) is 43.2 Å². The Labute approximate surface area is 149 Å². The van der Waals surface area contributed by atoms with Gasteiger partial charge in [0.2, 0.25) is 0 Å². The van der Waals surface area contributed by atoms with Crippen molar-refractivity contribution in [1.29, 1.82) is 0 Å². The van der Waals surface area contributed by atoms with Crippen molar-refractivity contribution < 1.29 is 9.50 Å². The van der Waals surface area contributed by atoms with E-state index < -0.39 is 5.60 Å². The summed E-state index contributed by atoms with van der Waals surface area (Å²) in [6.45, 7) is 0.965. The minimum Gasteiger partial charge on any atom is -0.389 e. The molecule has 3 heteroatoms. The molecule has 0 saturated carbocycles. The first-order valence-corrected chi connectivity index (χ1v) is 9.38. The lowest BCUT2D eigenvalue weighted by Crippen LogP contribution is -2.58. The van der Waals surface area contributed by atoms with Gasteiger partial charge in [0.1, 0.15) is 5.82 Å². The smallest absolute Gasteiger partial charge is 0.123 e. The molecule has 4 rings (SSSR count). The van der Waals surface area contributed by atoms with Crippen LogP contribution >= 0.6 is 0 Å². The van der Waals surface area contributed by atoms with E-state index in [0.717, 1.165) is 37.8 Å². The third kappa shape index (κ3) is 3.78. The van der Waals surface area contributed by atoms with Crippen molar-refractivity contribution in [2.45, 2.75) is 62.8 Å². The fourth-order valence-corrected chi connectivity index (χ4v) is 4.84. The Morgan fingerprint density at radius 2 is 1.64 bits per heavy atom. The van der Waals surface area contributed by atoms with Gasteiger partial charge in [-0.05, 0) is 48.9 Å². The second-order valence-electron chi connectivity index (χ2n) is 7.84. The first-order valence-electron chi connectivity index (χ1n) is 9.38. The van der Waals surface area contributed by atoms with Crippen LogP contribution in [0.4, 0.5) is 4.39 Å². The number of hydrogen-bond acceptors (Lipinski definition) is 2. The minimum absolute atomic E-state index is 0.220. The van der Waals surface area contributed by atoms with Crippen molar-refractivity contribution in [2.75, 3.05) is 0 Å². The van der Waals surface area contributed by atoms with Gasteiger partial charge in [-0.2, -0.15) is 0 Å². The quantitative estimate of drug-likeness (QED) is 0.897. The van der Waals surface area contributed by atoms with Crippen LogP contribution in [0, 0.1) is 5.82 Å². The third-order valence-corrected chi connectivity index (χ3v) is 5.87. The molecule has 2 aromatic rings. The van der Waals surface area contributed by atoms with Crippen LogP contribution in [0.3, 0.4) is 0 Å². The van der Waals surface area contributed by atoms with E-state index in [9.17, 15) is 9.50 Å². The Balaban J connectivity index is 1.50. The second kappa shape index (κ2) is 6.89. The van der Waals surface area contributed by atoms with Gasteiger partial charge < -0.3 is 5.11 Å². The fraction of sp³-hybridized carbons (Fsp3) is 0.455. The van der Waals surface area contributed by atoms with E-state index in [1.54, 1.807) is 12.1 Å². The number of halogens is 1. The van der Waals surface area contributed by atoms with Crippen LogP contribution in [-0.4, -0.2) is 27.7 Å². The molecule has 0 amide bonds. The Morgan fingerprint density at radius 3 is 2.32 bits per heavy atom. The van der Waals surface area contributed by atoms with Crippen LogP contribution in [-0.2, 0) is 13.0 Å². The van der Waals surface area contributed by atoms with Crippen molar-refractivity contribution in [3.63, 3.8) is 0 Å². The van der Waals surface area contributed by atoms with Gasteiger partial charge in [-0.1, -0.05) is 48.9 Å². The van der Waals surface area contributed by atoms with E-state index in [1.165, 1.54) is 18.1 Å². The summed E-state index contributed by atoms with van der Waals surface area (Å²) in [7, 11) is 0. The van der Waals surface area contributed by atoms with Crippen LogP contribution in [0.15, 0.2) is 54.6 Å². The van der Waals surface area contributed by atoms with Gasteiger partial charge in [-0.25, -0.2) is 4.39 Å². The van der Waals surface area contributed by atoms with E-state index in [0.29, 0.717) is 18.5 Å². The lowest BCUT2D eigenvalue weighted by molar-refractivity contribution is -0.0946. The highest BCUT2D eigenvalue weighted by molar-refractivity contribution is 5.20. The van der Waals surface area contributed by atoms with Gasteiger partial charge >= 0.3 is 0 Å². The zero-order valence-corrected chi connectivity index (χ0v) is 14.6. The van der Waals surface area contributed by atoms with Crippen molar-refractivity contribution in [2.24, 2.45) is 0 Å². The van der Waals surface area contributed by atoms with Crippen molar-refractivity contribution >= 4 is 0 Å². The summed E-state index contributed by atoms with van der Waals surface area (Å²) in [5.41, 5.74) is 1.53. The first-order chi connectivity index (χ1) is 12.1. The molecule has 0 radical (unpaired) electrons. The zero-order valence-electron chi connectivity index (χ0n) is 14.6. The van der Waals surface area contributed by atoms with Crippen molar-refractivity contribution in [3.05, 3.63) is 71.5 Å². The number of rotatable bonds is 4. The number of benzene rings is 2. The average Bonchev–Trinajstić information content (AvgIpc) is 2.57. The van der Waals surface area contributed by atoms with E-state index in [-0.39, 0.29) is 5.82 Å². The maximum Gasteiger partial charge on any atom is 0.123 e. The van der Waals surface area contributed by atoms with Gasteiger partial charge in [0.25, 0.3) is 0 Å². The Bertz CT molecular complexity index is 703. The fourth-order valence-electron chi connectivity index (χ4n) is 4.84. The summed E-state index contributed by atoms with van der Waals surface area (Å²) in [5.74, 6) is -0.220. The van der Waals surface area contributed by atoms with E-state index >= 15 is 0 Å². The summed E-state index contributed by atoms with van der Waals surface area (Å²) >= 11 is 0. The predicted octanol–water partition coefficient (Wildman–Crippen LogP) is 4.32. The molecule has 25 heavy (non-hydrogen) atoms. The molecule has 0 spiro atoms. The highest BCUT2D eigenvalue weighted by Crippen LogP contribution is 2.41. The first kappa shape index (κ1) is 16.7. The van der Waals surface area contributed by atoms with E-state index in [1.807, 2.05) is 6.07 Å². The maximum atomic E-state index is 13.5. The Kier molecular flexibility index (Phi) is 4.61. The van der Waals surface area contributed by atoms with Crippen LogP contribution in [0.2, 0.25) is 0 Å². The molecule has 2 nitrogen and oxygen atoms in total. The predicted molar refractivity (Wildman–Crippen MR) is 97.7 cm³/mol. The van der Waals surface area contributed by atoms with E-state index in [4.69, 9.17) is 0 Å². The molecule has 2 heterocycles. The van der Waals surface area contributed by atoms with E-state index in [2.05, 4.69) is 35.2 Å². The van der Waals surface area contributed by atoms with Crippen LogP contribution in [0.5, 0.6) is 0 Å². The van der Waals surface area contributed by atoms with Gasteiger partial charge in [-0.15, -0.1) is 0 Å². The standard InChI is InChI=1S/C22H26FNO/c23-19-9-4-8-18(12-19)13-22(25)14-20-10-5-11-21(15-22)24(20)16-17-6-2-1-3-7-17/h1-4,6-9,12,20-21,25H,5,10-11,13-16H2. The molecule has 2 aromatic carbocycles. The molecule has 2 unspecified atom stereocenters. The number of fused-ring (bicyclic) bond motifs is 2. The Hall–Kier alpha value is -1.71. The van der Waals surface area contributed by atoms with Gasteiger partial charge in [0, 0.05) is 25.0 Å². The summed E-state index contributed by atoms with van der Waals surface area (Å²) in [6, 6.07) is 18.1. The number of nitrogens with zero attached hydrogens (tertiary/aromatic N) is 1. The molecule has 2 fully saturated rings. The number of piperidine rings is 2. The molecule has 2 aliphatic heterocycles. The molecule has 2 bridgehead atoms. The minimum atomic E-state index is -0.712. The summed E-state index contributed by atoms with van der Waals surface area (Å²) in [5, 5.41) is 11.3. The molecule has 0 aromatic heterocycles. The molecule has 2 aliphatic rings. The topological polar surface area (TPSA) is 23.5 Å². The molecule has 1 N–H and O–H groups in total. The number of aliphatic hydroxyl groups is 1. The lowest BCUT2D eigenvalue weighted by atomic mass is 9.73. The van der Waals surface area contributed by atoms with Gasteiger partial charge in [0.05, 0.1) is 5.60 Å². The van der Waals surface area contributed by atoms with Gasteiger partial charge in [0.15, 0.2) is 0 Å². The van der Waals surface area contributed by atoms with Crippen LogP contribution < -0.4 is 0 Å². The highest BCUT2D eigenvalue weighted by Gasteiger charge is 2.45. The third-order valence-electron chi connectivity index (χ3n) is 5.87. The normalized spacial score (nSPS) is 29.5. The van der Waals surface area contributed by atoms with Gasteiger partial charge in [-0.3, -0.25) is 4.90 Å². The molecular weight excluding hydrogens is 313 g/mol. The van der Waals surface area contributed by atoms with Crippen molar-refractivity contribution in [1.82, 2.24) is 4.90 Å².